The molecule has 6 heteroatoms. The van der Waals surface area contributed by atoms with Crippen molar-refractivity contribution in [1.82, 2.24) is 0 Å². The van der Waals surface area contributed by atoms with Crippen LogP contribution in [0.25, 0.3) is 0 Å². The van der Waals surface area contributed by atoms with Gasteiger partial charge in [0.25, 0.3) is 0 Å². The smallest absolute Gasteiger partial charge is 0.337 e. The number of nitrogens with two attached hydrogens (primary N) is 1. The summed E-state index contributed by atoms with van der Waals surface area (Å²) in [5, 5.41) is 11.8. The number of nitrogen functional groups attached to an aromatic ring is 1. The van der Waals surface area contributed by atoms with Crippen molar-refractivity contribution in [3.05, 3.63) is 52.3 Å². The number of anilines is 3. The molecule has 0 amide bonds. The number of carboxylic acids is 1. The van der Waals surface area contributed by atoms with Gasteiger partial charge >= 0.3 is 5.97 Å². The first-order valence-corrected chi connectivity index (χ1v) is 6.11. The number of nitrogens with one attached hydrogen (secondary N) is 1. The van der Waals surface area contributed by atoms with Crippen LogP contribution in [0.1, 0.15) is 10.4 Å². The van der Waals surface area contributed by atoms with Crippen molar-refractivity contribution in [2.45, 2.75) is 0 Å². The maximum Gasteiger partial charge on any atom is 0.337 e. The largest absolute Gasteiger partial charge is 0.478 e. The summed E-state index contributed by atoms with van der Waals surface area (Å²) in [6.07, 6.45) is 0. The van der Waals surface area contributed by atoms with Gasteiger partial charge in [0.15, 0.2) is 0 Å². The minimum atomic E-state index is -1.11. The molecule has 0 radical (unpaired) electrons. The van der Waals surface area contributed by atoms with Gasteiger partial charge in [-0.2, -0.15) is 0 Å². The summed E-state index contributed by atoms with van der Waals surface area (Å²) in [5.41, 5.74) is 6.44. The number of hydrogen-bond donors (Lipinski definition) is 3. The van der Waals surface area contributed by atoms with E-state index in [0.29, 0.717) is 10.2 Å². The summed E-state index contributed by atoms with van der Waals surface area (Å²) in [6.45, 7) is 0. The van der Waals surface area contributed by atoms with Gasteiger partial charge in [-0.1, -0.05) is 15.9 Å². The first kappa shape index (κ1) is 13.4. The van der Waals surface area contributed by atoms with E-state index in [1.165, 1.54) is 30.3 Å². The number of aromatic carboxylic acids is 1. The van der Waals surface area contributed by atoms with E-state index in [1.54, 1.807) is 6.07 Å². The van der Waals surface area contributed by atoms with Crippen molar-refractivity contribution < 1.29 is 14.3 Å². The van der Waals surface area contributed by atoms with Gasteiger partial charge in [0.1, 0.15) is 5.82 Å². The summed E-state index contributed by atoms with van der Waals surface area (Å²) in [7, 11) is 0. The van der Waals surface area contributed by atoms with Crippen molar-refractivity contribution in [1.29, 1.82) is 0 Å². The summed E-state index contributed by atoms with van der Waals surface area (Å²) in [4.78, 5) is 11.1. The first-order valence-electron chi connectivity index (χ1n) is 5.32. The molecule has 0 saturated carbocycles. The fourth-order valence-corrected chi connectivity index (χ4v) is 1.95. The predicted octanol–water partition coefficient (Wildman–Crippen LogP) is 3.61. The number of halogens is 2. The highest BCUT2D eigenvalue weighted by atomic mass is 79.9. The molecule has 0 spiro atoms. The number of benzene rings is 2. The Hall–Kier alpha value is -2.08. The van der Waals surface area contributed by atoms with Crippen molar-refractivity contribution in [3.8, 4) is 0 Å². The highest BCUT2D eigenvalue weighted by Crippen LogP contribution is 2.27. The maximum absolute atomic E-state index is 13.6. The van der Waals surface area contributed by atoms with E-state index >= 15 is 0 Å². The fourth-order valence-electron chi connectivity index (χ4n) is 1.59. The molecule has 0 atom stereocenters. The molecule has 0 aliphatic rings. The Labute approximate surface area is 117 Å². The SMILES string of the molecule is Nc1ccc(C(=O)O)c(Nc2cc(Br)ccc2F)c1. The van der Waals surface area contributed by atoms with Crippen molar-refractivity contribution in [2.75, 3.05) is 11.1 Å². The molecule has 0 fully saturated rings. The third kappa shape index (κ3) is 3.03. The molecule has 4 nitrogen and oxygen atoms in total. The zero-order valence-corrected chi connectivity index (χ0v) is 11.2. The fraction of sp³-hybridized carbons (Fsp3) is 0. The number of rotatable bonds is 3. The van der Waals surface area contributed by atoms with Crippen LogP contribution in [0.15, 0.2) is 40.9 Å². The van der Waals surface area contributed by atoms with Crippen molar-refractivity contribution >= 4 is 39.0 Å². The highest BCUT2D eigenvalue weighted by Gasteiger charge is 2.12. The molecule has 0 aliphatic heterocycles. The van der Waals surface area contributed by atoms with Crippen molar-refractivity contribution in [2.24, 2.45) is 0 Å². The molecule has 2 aromatic rings. The Balaban J connectivity index is 2.45. The molecule has 0 heterocycles. The molecule has 0 saturated heterocycles. The Kier molecular flexibility index (Phi) is 3.71. The summed E-state index contributed by atoms with van der Waals surface area (Å²) < 4.78 is 14.3. The molecule has 0 bridgehead atoms. The van der Waals surface area contributed by atoms with E-state index in [4.69, 9.17) is 10.8 Å². The molecule has 2 aromatic carbocycles. The molecule has 0 aliphatic carbocycles. The van der Waals surface area contributed by atoms with Crippen LogP contribution < -0.4 is 11.1 Å². The molecule has 19 heavy (non-hydrogen) atoms. The van der Waals surface area contributed by atoms with Gasteiger partial charge in [0.05, 0.1) is 16.9 Å². The zero-order valence-electron chi connectivity index (χ0n) is 9.65. The summed E-state index contributed by atoms with van der Waals surface area (Å²) in [6, 6.07) is 8.65. The third-order valence-electron chi connectivity index (χ3n) is 2.47. The van der Waals surface area contributed by atoms with Crippen LogP contribution in [0.3, 0.4) is 0 Å². The van der Waals surface area contributed by atoms with Crippen molar-refractivity contribution in [3.63, 3.8) is 0 Å². The quantitative estimate of drug-likeness (QED) is 0.754. The Morgan fingerprint density at radius 1 is 1.21 bits per heavy atom. The lowest BCUT2D eigenvalue weighted by molar-refractivity contribution is 0.0698. The van der Waals surface area contributed by atoms with E-state index in [9.17, 15) is 9.18 Å². The lowest BCUT2D eigenvalue weighted by atomic mass is 10.1. The van der Waals surface area contributed by atoms with Crippen LogP contribution in [0.2, 0.25) is 0 Å². The van der Waals surface area contributed by atoms with Gasteiger partial charge in [-0.3, -0.25) is 0 Å². The van der Waals surface area contributed by atoms with Crippen LogP contribution in [-0.4, -0.2) is 11.1 Å². The van der Waals surface area contributed by atoms with Crippen LogP contribution in [0.4, 0.5) is 21.5 Å². The average molecular weight is 325 g/mol. The monoisotopic (exact) mass is 324 g/mol. The molecule has 0 aromatic heterocycles. The van der Waals surface area contributed by atoms with Gasteiger partial charge < -0.3 is 16.2 Å². The Morgan fingerprint density at radius 2 is 1.95 bits per heavy atom. The van der Waals surface area contributed by atoms with Crippen LogP contribution in [0, 0.1) is 5.82 Å². The minimum absolute atomic E-state index is 0.0218. The van der Waals surface area contributed by atoms with E-state index < -0.39 is 11.8 Å². The van der Waals surface area contributed by atoms with Crippen LogP contribution in [0.5, 0.6) is 0 Å². The highest BCUT2D eigenvalue weighted by molar-refractivity contribution is 9.10. The Morgan fingerprint density at radius 3 is 2.63 bits per heavy atom. The van der Waals surface area contributed by atoms with E-state index in [-0.39, 0.29) is 16.9 Å². The zero-order chi connectivity index (χ0) is 14.0. The second kappa shape index (κ2) is 5.27. The number of carbonyl (C=O) groups is 1. The molecular weight excluding hydrogens is 315 g/mol. The molecule has 0 unspecified atom stereocenters. The Bertz CT molecular complexity index is 647. The third-order valence-corrected chi connectivity index (χ3v) is 2.97. The number of hydrogen-bond acceptors (Lipinski definition) is 3. The maximum atomic E-state index is 13.6. The first-order chi connectivity index (χ1) is 8.97. The number of carboxylic acid groups (broad SMARTS) is 1. The molecule has 2 rings (SSSR count). The average Bonchev–Trinajstić information content (AvgIpc) is 2.33. The molecule has 98 valence electrons. The van der Waals surface area contributed by atoms with Gasteiger partial charge in [-0.15, -0.1) is 0 Å². The predicted molar refractivity (Wildman–Crippen MR) is 75.2 cm³/mol. The standard InChI is InChI=1S/C13H10BrFN2O2/c14-7-1-4-10(15)12(5-7)17-11-6-8(16)2-3-9(11)13(18)19/h1-6,17H,16H2,(H,18,19). The van der Waals surface area contributed by atoms with Gasteiger partial charge in [-0.05, 0) is 36.4 Å². The lowest BCUT2D eigenvalue weighted by Crippen LogP contribution is -2.04. The van der Waals surface area contributed by atoms with E-state index in [2.05, 4.69) is 21.2 Å². The summed E-state index contributed by atoms with van der Waals surface area (Å²) >= 11 is 3.22. The lowest BCUT2D eigenvalue weighted by Gasteiger charge is -2.11. The second-order valence-corrected chi connectivity index (χ2v) is 4.78. The summed E-state index contributed by atoms with van der Waals surface area (Å²) in [5.74, 6) is -1.60. The van der Waals surface area contributed by atoms with Gasteiger partial charge in [-0.25, -0.2) is 9.18 Å². The minimum Gasteiger partial charge on any atom is -0.478 e. The van der Waals surface area contributed by atoms with E-state index in [0.717, 1.165) is 0 Å². The topological polar surface area (TPSA) is 75.4 Å². The van der Waals surface area contributed by atoms with Gasteiger partial charge in [0.2, 0.25) is 0 Å². The van der Waals surface area contributed by atoms with Gasteiger partial charge in [0, 0.05) is 10.2 Å². The van der Waals surface area contributed by atoms with Crippen LogP contribution >= 0.6 is 15.9 Å². The second-order valence-electron chi connectivity index (χ2n) is 3.86. The normalized spacial score (nSPS) is 10.2. The molecule has 4 N–H and O–H groups in total. The van der Waals surface area contributed by atoms with Crippen LogP contribution in [-0.2, 0) is 0 Å². The molecular formula is C13H10BrFN2O2. The van der Waals surface area contributed by atoms with E-state index in [1.807, 2.05) is 0 Å².